The monoisotopic (exact) mass is 285 g/mol. The average Bonchev–Trinajstić information content (AvgIpc) is 2.76. The van der Waals surface area contributed by atoms with Gasteiger partial charge in [-0.3, -0.25) is 0 Å². The largest absolute Gasteiger partial charge is 0.381 e. The zero-order valence-corrected chi connectivity index (χ0v) is 12.4. The lowest BCUT2D eigenvalue weighted by molar-refractivity contribution is 0.602. The van der Waals surface area contributed by atoms with Crippen molar-refractivity contribution in [1.82, 2.24) is 0 Å². The lowest BCUT2D eigenvalue weighted by atomic mass is 10.2. The predicted molar refractivity (Wildman–Crippen MR) is 78.1 cm³/mol. The Morgan fingerprint density at radius 1 is 1.28 bits per heavy atom. The van der Waals surface area contributed by atoms with Crippen molar-refractivity contribution in [2.75, 3.05) is 17.8 Å². The first-order valence-corrected chi connectivity index (χ1v) is 9.27. The maximum absolute atomic E-state index is 11.7. The van der Waals surface area contributed by atoms with Gasteiger partial charge in [0.1, 0.15) is 0 Å². The molecule has 1 aromatic carbocycles. The summed E-state index contributed by atoms with van der Waals surface area (Å²) in [6, 6.07) is 7.55. The van der Waals surface area contributed by atoms with E-state index in [0.717, 1.165) is 18.5 Å². The van der Waals surface area contributed by atoms with Gasteiger partial charge in [-0.15, -0.1) is 0 Å². The lowest BCUT2D eigenvalue weighted by Gasteiger charge is -2.16. The van der Waals surface area contributed by atoms with Crippen LogP contribution in [0.2, 0.25) is 0 Å². The summed E-state index contributed by atoms with van der Waals surface area (Å²) < 4.78 is 23.4. The standard InChI is InChI=1S/C13H19NO2S2/c1-17-11-8-7-10(9-11)14-12-5-3-4-6-13(12)18(2,15)16/h3-6,10-11,14H,7-9H2,1-2H3. The second-order valence-corrected chi connectivity index (χ2v) is 7.90. The van der Waals surface area contributed by atoms with Crippen molar-refractivity contribution in [3.63, 3.8) is 0 Å². The second-order valence-electron chi connectivity index (χ2n) is 4.78. The molecule has 1 aliphatic rings. The van der Waals surface area contributed by atoms with Crippen molar-refractivity contribution in [3.05, 3.63) is 24.3 Å². The number of sulfone groups is 1. The van der Waals surface area contributed by atoms with Crippen molar-refractivity contribution < 1.29 is 8.42 Å². The van der Waals surface area contributed by atoms with Gasteiger partial charge in [0, 0.05) is 17.5 Å². The van der Waals surface area contributed by atoms with E-state index in [0.29, 0.717) is 16.2 Å². The van der Waals surface area contributed by atoms with Crippen molar-refractivity contribution in [3.8, 4) is 0 Å². The molecule has 0 aliphatic heterocycles. The molecule has 0 heterocycles. The fraction of sp³-hybridized carbons (Fsp3) is 0.538. The Balaban J connectivity index is 2.15. The minimum Gasteiger partial charge on any atom is -0.381 e. The third-order valence-corrected chi connectivity index (χ3v) is 5.61. The fourth-order valence-electron chi connectivity index (χ4n) is 2.41. The Morgan fingerprint density at radius 2 is 2.00 bits per heavy atom. The van der Waals surface area contributed by atoms with Crippen LogP contribution in [0.4, 0.5) is 5.69 Å². The molecule has 2 unspecified atom stereocenters. The molecule has 0 spiro atoms. The quantitative estimate of drug-likeness (QED) is 0.924. The number of hydrogen-bond acceptors (Lipinski definition) is 4. The van der Waals surface area contributed by atoms with E-state index in [1.54, 1.807) is 12.1 Å². The summed E-state index contributed by atoms with van der Waals surface area (Å²) in [5, 5.41) is 4.09. The Labute approximate surface area is 113 Å². The van der Waals surface area contributed by atoms with Crippen LogP contribution in [0.5, 0.6) is 0 Å². The summed E-state index contributed by atoms with van der Waals surface area (Å²) in [7, 11) is -3.16. The van der Waals surface area contributed by atoms with Crippen LogP contribution < -0.4 is 5.32 Å². The number of thioether (sulfide) groups is 1. The van der Waals surface area contributed by atoms with E-state index >= 15 is 0 Å². The van der Waals surface area contributed by atoms with E-state index in [9.17, 15) is 8.42 Å². The highest BCUT2D eigenvalue weighted by molar-refractivity contribution is 7.99. The first kappa shape index (κ1) is 13.7. The summed E-state index contributed by atoms with van der Waals surface area (Å²) in [5.41, 5.74) is 0.742. The molecule has 3 nitrogen and oxygen atoms in total. The molecule has 2 atom stereocenters. The number of nitrogens with one attached hydrogen (secondary N) is 1. The topological polar surface area (TPSA) is 46.2 Å². The van der Waals surface area contributed by atoms with Gasteiger partial charge in [0.25, 0.3) is 0 Å². The summed E-state index contributed by atoms with van der Waals surface area (Å²) in [4.78, 5) is 0.401. The van der Waals surface area contributed by atoms with Crippen LogP contribution in [0.15, 0.2) is 29.2 Å². The van der Waals surface area contributed by atoms with Crippen molar-refractivity contribution in [1.29, 1.82) is 0 Å². The SMILES string of the molecule is CSC1CCC(Nc2ccccc2S(C)(=O)=O)C1. The molecule has 1 saturated carbocycles. The Kier molecular flexibility index (Phi) is 4.22. The van der Waals surface area contributed by atoms with Gasteiger partial charge >= 0.3 is 0 Å². The van der Waals surface area contributed by atoms with E-state index in [2.05, 4.69) is 11.6 Å². The molecule has 18 heavy (non-hydrogen) atoms. The van der Waals surface area contributed by atoms with Crippen LogP contribution in [0.1, 0.15) is 19.3 Å². The van der Waals surface area contributed by atoms with Gasteiger partial charge < -0.3 is 5.32 Å². The molecule has 5 heteroatoms. The van der Waals surface area contributed by atoms with Gasteiger partial charge in [0.2, 0.25) is 0 Å². The molecule has 100 valence electrons. The second kappa shape index (κ2) is 5.53. The first-order chi connectivity index (χ1) is 8.50. The Morgan fingerprint density at radius 3 is 2.61 bits per heavy atom. The highest BCUT2D eigenvalue weighted by atomic mass is 32.2. The number of hydrogen-bond donors (Lipinski definition) is 1. The van der Waals surface area contributed by atoms with Crippen LogP contribution in [0, 0.1) is 0 Å². The van der Waals surface area contributed by atoms with Gasteiger partial charge in [-0.05, 0) is 37.7 Å². The smallest absolute Gasteiger partial charge is 0.177 e. The summed E-state index contributed by atoms with van der Waals surface area (Å²) >= 11 is 1.90. The number of para-hydroxylation sites is 1. The molecule has 1 N–H and O–H groups in total. The predicted octanol–water partition coefficient (Wildman–Crippen LogP) is 2.79. The molecule has 1 aromatic rings. The van der Waals surface area contributed by atoms with Gasteiger partial charge in [-0.25, -0.2) is 8.42 Å². The minimum absolute atomic E-state index is 0.394. The molecule has 2 rings (SSSR count). The van der Waals surface area contributed by atoms with Crippen molar-refractivity contribution in [2.24, 2.45) is 0 Å². The number of benzene rings is 1. The molecule has 1 fully saturated rings. The number of rotatable bonds is 4. The van der Waals surface area contributed by atoms with Gasteiger partial charge in [-0.1, -0.05) is 12.1 Å². The maximum Gasteiger partial charge on any atom is 0.177 e. The van der Waals surface area contributed by atoms with Crippen molar-refractivity contribution in [2.45, 2.75) is 35.4 Å². The minimum atomic E-state index is -3.16. The average molecular weight is 285 g/mol. The Hall–Kier alpha value is -0.680. The maximum atomic E-state index is 11.7. The van der Waals surface area contributed by atoms with Crippen LogP contribution >= 0.6 is 11.8 Å². The van der Waals surface area contributed by atoms with E-state index < -0.39 is 9.84 Å². The third-order valence-electron chi connectivity index (χ3n) is 3.36. The van der Waals surface area contributed by atoms with Crippen LogP contribution in [-0.2, 0) is 9.84 Å². The van der Waals surface area contributed by atoms with Gasteiger partial charge in [0.05, 0.1) is 10.6 Å². The summed E-state index contributed by atoms with van der Waals surface area (Å²) in [6.45, 7) is 0. The molecule has 0 saturated heterocycles. The van der Waals surface area contributed by atoms with E-state index in [4.69, 9.17) is 0 Å². The highest BCUT2D eigenvalue weighted by Crippen LogP contribution is 2.31. The zero-order valence-electron chi connectivity index (χ0n) is 10.7. The van der Waals surface area contributed by atoms with Crippen LogP contribution in [-0.4, -0.2) is 32.2 Å². The molecular weight excluding hydrogens is 266 g/mol. The van der Waals surface area contributed by atoms with E-state index in [1.165, 1.54) is 12.7 Å². The molecule has 0 aromatic heterocycles. The zero-order chi connectivity index (χ0) is 13.2. The van der Waals surface area contributed by atoms with Crippen molar-refractivity contribution >= 4 is 27.3 Å². The molecular formula is C13H19NO2S2. The van der Waals surface area contributed by atoms with Crippen LogP contribution in [0.25, 0.3) is 0 Å². The van der Waals surface area contributed by atoms with Gasteiger partial charge in [0.15, 0.2) is 9.84 Å². The summed E-state index contributed by atoms with van der Waals surface area (Å²) in [6.07, 6.45) is 6.83. The van der Waals surface area contributed by atoms with E-state index in [-0.39, 0.29) is 0 Å². The molecule has 0 radical (unpaired) electrons. The van der Waals surface area contributed by atoms with Gasteiger partial charge in [-0.2, -0.15) is 11.8 Å². The lowest BCUT2D eigenvalue weighted by Crippen LogP contribution is -2.17. The highest BCUT2D eigenvalue weighted by Gasteiger charge is 2.25. The third kappa shape index (κ3) is 3.20. The molecule has 0 bridgehead atoms. The molecule has 1 aliphatic carbocycles. The normalized spacial score (nSPS) is 24.1. The van der Waals surface area contributed by atoms with E-state index in [1.807, 2.05) is 23.9 Å². The van der Waals surface area contributed by atoms with Crippen LogP contribution in [0.3, 0.4) is 0 Å². The number of anilines is 1. The first-order valence-electron chi connectivity index (χ1n) is 6.09. The molecule has 0 amide bonds. The Bertz CT molecular complexity index is 513. The summed E-state index contributed by atoms with van der Waals surface area (Å²) in [5.74, 6) is 0. The fourth-order valence-corrected chi connectivity index (χ4v) is 4.06.